The van der Waals surface area contributed by atoms with Crippen molar-refractivity contribution in [3.8, 4) is 0 Å². The first kappa shape index (κ1) is 15.6. The minimum absolute atomic E-state index is 0.202. The van der Waals surface area contributed by atoms with Crippen LogP contribution in [0, 0.1) is 20.2 Å². The van der Waals surface area contributed by atoms with Gasteiger partial charge in [-0.2, -0.15) is 0 Å². The van der Waals surface area contributed by atoms with Gasteiger partial charge in [-0.1, -0.05) is 18.2 Å². The fourth-order valence-electron chi connectivity index (χ4n) is 3.02. The molecule has 0 fully saturated rings. The second-order valence-electron chi connectivity index (χ2n) is 5.46. The summed E-state index contributed by atoms with van der Waals surface area (Å²) in [4.78, 5) is 34.7. The second-order valence-corrected chi connectivity index (χ2v) is 5.46. The highest BCUT2D eigenvalue weighted by atomic mass is 16.6. The smallest absolute Gasteiger partial charge is 0.280 e. The standard InChI is InChI=1S/C16H13N3O5/c1-10(20)17-14-5-3-2-4-11(14)6-7-13-15(17)8-12(18(21)22)9-16(13)19(23)24/h2-5,8-9H,6-7H2,1H3. The number of nitro benzene ring substituents is 2. The van der Waals surface area contributed by atoms with Gasteiger partial charge >= 0.3 is 0 Å². The number of anilines is 2. The third kappa shape index (κ3) is 2.47. The summed E-state index contributed by atoms with van der Waals surface area (Å²) in [6.07, 6.45) is 0.829. The molecule has 1 heterocycles. The van der Waals surface area contributed by atoms with Gasteiger partial charge in [0, 0.05) is 13.0 Å². The summed E-state index contributed by atoms with van der Waals surface area (Å²) in [6, 6.07) is 9.34. The average Bonchev–Trinajstić information content (AvgIpc) is 2.70. The maximum Gasteiger partial charge on any atom is 0.281 e. The lowest BCUT2D eigenvalue weighted by atomic mass is 10.0. The molecule has 2 aromatic rings. The van der Waals surface area contributed by atoms with Crippen molar-refractivity contribution in [2.45, 2.75) is 19.8 Å². The van der Waals surface area contributed by atoms with Crippen LogP contribution in [0.5, 0.6) is 0 Å². The second kappa shape index (κ2) is 5.73. The van der Waals surface area contributed by atoms with Crippen molar-refractivity contribution >= 4 is 28.7 Å². The van der Waals surface area contributed by atoms with Gasteiger partial charge in [-0.05, 0) is 24.5 Å². The van der Waals surface area contributed by atoms with Crippen molar-refractivity contribution in [1.82, 2.24) is 0 Å². The molecule has 1 aliphatic rings. The van der Waals surface area contributed by atoms with Crippen LogP contribution in [0.15, 0.2) is 36.4 Å². The summed E-state index contributed by atoms with van der Waals surface area (Å²) < 4.78 is 0. The number of non-ortho nitro benzene ring substituents is 1. The molecule has 0 unspecified atom stereocenters. The Bertz CT molecular complexity index is 878. The Balaban J connectivity index is 2.35. The lowest BCUT2D eigenvalue weighted by Crippen LogP contribution is -2.24. The van der Waals surface area contributed by atoms with Crippen LogP contribution in [0.1, 0.15) is 18.1 Å². The molecule has 0 bridgehead atoms. The Kier molecular flexibility index (Phi) is 3.72. The summed E-state index contributed by atoms with van der Waals surface area (Å²) in [6.45, 7) is 1.33. The van der Waals surface area contributed by atoms with Gasteiger partial charge in [-0.15, -0.1) is 0 Å². The molecule has 1 aliphatic heterocycles. The Labute approximate surface area is 136 Å². The molecule has 0 spiro atoms. The number of carbonyl (C=O) groups excluding carboxylic acids is 1. The number of nitro groups is 2. The zero-order valence-electron chi connectivity index (χ0n) is 12.8. The van der Waals surface area contributed by atoms with E-state index in [4.69, 9.17) is 0 Å². The van der Waals surface area contributed by atoms with Crippen molar-refractivity contribution in [3.05, 3.63) is 67.8 Å². The van der Waals surface area contributed by atoms with Gasteiger partial charge in [0.2, 0.25) is 5.91 Å². The van der Waals surface area contributed by atoms with Crippen molar-refractivity contribution < 1.29 is 14.6 Å². The SMILES string of the molecule is CC(=O)N1c2ccccc2CCc2c1cc([N+](=O)[O-])cc2[N+](=O)[O-]. The molecule has 1 amide bonds. The number of rotatable bonds is 2. The lowest BCUT2D eigenvalue weighted by molar-refractivity contribution is -0.394. The van der Waals surface area contributed by atoms with Gasteiger partial charge in [0.1, 0.15) is 0 Å². The Morgan fingerprint density at radius 1 is 1.04 bits per heavy atom. The summed E-state index contributed by atoms with van der Waals surface area (Å²) in [5.74, 6) is -0.361. The van der Waals surface area contributed by atoms with Crippen LogP contribution < -0.4 is 4.90 Å². The van der Waals surface area contributed by atoms with Crippen LogP contribution in [-0.2, 0) is 17.6 Å². The van der Waals surface area contributed by atoms with Crippen molar-refractivity contribution in [2.24, 2.45) is 0 Å². The van der Waals surface area contributed by atoms with E-state index in [1.165, 1.54) is 17.9 Å². The van der Waals surface area contributed by atoms with Crippen LogP contribution in [0.25, 0.3) is 0 Å². The zero-order valence-corrected chi connectivity index (χ0v) is 12.8. The van der Waals surface area contributed by atoms with E-state index in [1.54, 1.807) is 12.1 Å². The number of aryl methyl sites for hydroxylation is 1. The van der Waals surface area contributed by atoms with E-state index in [2.05, 4.69) is 0 Å². The fourth-order valence-corrected chi connectivity index (χ4v) is 3.02. The topological polar surface area (TPSA) is 107 Å². The Morgan fingerprint density at radius 2 is 1.75 bits per heavy atom. The lowest BCUT2D eigenvalue weighted by Gasteiger charge is -2.23. The molecule has 0 N–H and O–H groups in total. The van der Waals surface area contributed by atoms with E-state index >= 15 is 0 Å². The van der Waals surface area contributed by atoms with E-state index in [0.717, 1.165) is 11.6 Å². The molecular weight excluding hydrogens is 314 g/mol. The quantitative estimate of drug-likeness (QED) is 0.621. The normalized spacial score (nSPS) is 12.8. The molecule has 8 nitrogen and oxygen atoms in total. The van der Waals surface area contributed by atoms with Gasteiger partial charge in [0.15, 0.2) is 0 Å². The van der Waals surface area contributed by atoms with E-state index in [1.807, 2.05) is 12.1 Å². The molecular formula is C16H13N3O5. The number of fused-ring (bicyclic) bond motifs is 2. The Morgan fingerprint density at radius 3 is 2.38 bits per heavy atom. The zero-order chi connectivity index (χ0) is 17.4. The number of hydrogen-bond donors (Lipinski definition) is 0. The average molecular weight is 327 g/mol. The Hall–Kier alpha value is -3.29. The third-order valence-electron chi connectivity index (χ3n) is 4.03. The highest BCUT2D eigenvalue weighted by Gasteiger charge is 2.31. The summed E-state index contributed by atoms with van der Waals surface area (Å²) in [5.41, 5.74) is 1.24. The van der Waals surface area contributed by atoms with E-state index < -0.39 is 15.5 Å². The number of nitrogens with zero attached hydrogens (tertiary/aromatic N) is 3. The number of carbonyl (C=O) groups is 1. The van der Waals surface area contributed by atoms with Gasteiger partial charge in [-0.3, -0.25) is 29.9 Å². The number of para-hydroxylation sites is 1. The minimum atomic E-state index is -0.692. The van der Waals surface area contributed by atoms with Gasteiger partial charge < -0.3 is 0 Å². The largest absolute Gasteiger partial charge is 0.281 e. The molecule has 2 aromatic carbocycles. The predicted molar refractivity (Wildman–Crippen MR) is 86.4 cm³/mol. The third-order valence-corrected chi connectivity index (χ3v) is 4.03. The maximum absolute atomic E-state index is 12.2. The van der Waals surface area contributed by atoms with Crippen molar-refractivity contribution in [2.75, 3.05) is 4.90 Å². The van der Waals surface area contributed by atoms with E-state index in [9.17, 15) is 25.0 Å². The molecule has 0 aliphatic carbocycles. The number of benzene rings is 2. The van der Waals surface area contributed by atoms with Crippen LogP contribution >= 0.6 is 0 Å². The minimum Gasteiger partial charge on any atom is -0.280 e. The van der Waals surface area contributed by atoms with Crippen LogP contribution in [-0.4, -0.2) is 15.8 Å². The first-order valence-electron chi connectivity index (χ1n) is 7.24. The first-order valence-corrected chi connectivity index (χ1v) is 7.24. The van der Waals surface area contributed by atoms with E-state index in [-0.39, 0.29) is 17.3 Å². The highest BCUT2D eigenvalue weighted by molar-refractivity contribution is 6.02. The van der Waals surface area contributed by atoms with Crippen LogP contribution in [0.3, 0.4) is 0 Å². The maximum atomic E-state index is 12.2. The summed E-state index contributed by atoms with van der Waals surface area (Å²) >= 11 is 0. The number of hydrogen-bond acceptors (Lipinski definition) is 5. The molecule has 0 radical (unpaired) electrons. The van der Waals surface area contributed by atoms with Crippen LogP contribution in [0.4, 0.5) is 22.7 Å². The molecule has 24 heavy (non-hydrogen) atoms. The van der Waals surface area contributed by atoms with Crippen LogP contribution in [0.2, 0.25) is 0 Å². The molecule has 0 saturated carbocycles. The number of amides is 1. The summed E-state index contributed by atoms with van der Waals surface area (Å²) in [5, 5.41) is 22.5. The van der Waals surface area contributed by atoms with Gasteiger partial charge in [-0.25, -0.2) is 0 Å². The molecule has 8 heteroatoms. The monoisotopic (exact) mass is 327 g/mol. The van der Waals surface area contributed by atoms with Crippen molar-refractivity contribution in [1.29, 1.82) is 0 Å². The molecule has 0 saturated heterocycles. The summed E-state index contributed by atoms with van der Waals surface area (Å²) in [7, 11) is 0. The molecule has 0 aromatic heterocycles. The highest BCUT2D eigenvalue weighted by Crippen LogP contribution is 2.42. The fraction of sp³-hybridized carbons (Fsp3) is 0.188. The molecule has 122 valence electrons. The molecule has 3 rings (SSSR count). The molecule has 0 atom stereocenters. The van der Waals surface area contributed by atoms with E-state index in [0.29, 0.717) is 24.1 Å². The van der Waals surface area contributed by atoms with Gasteiger partial charge in [0.25, 0.3) is 11.4 Å². The van der Waals surface area contributed by atoms with Crippen molar-refractivity contribution in [3.63, 3.8) is 0 Å². The van der Waals surface area contributed by atoms with Gasteiger partial charge in [0.05, 0.1) is 32.9 Å². The predicted octanol–water partition coefficient (Wildman–Crippen LogP) is 3.29. The first-order chi connectivity index (χ1) is 11.4.